The van der Waals surface area contributed by atoms with Crippen molar-refractivity contribution < 1.29 is 4.74 Å². The summed E-state index contributed by atoms with van der Waals surface area (Å²) in [5.41, 5.74) is 1.09. The lowest BCUT2D eigenvalue weighted by Gasteiger charge is -2.24. The van der Waals surface area contributed by atoms with Gasteiger partial charge in [-0.3, -0.25) is 9.67 Å². The Morgan fingerprint density at radius 2 is 1.96 bits per heavy atom. The second-order valence-corrected chi connectivity index (χ2v) is 6.63. The van der Waals surface area contributed by atoms with E-state index in [4.69, 9.17) is 17.0 Å². The molecule has 1 fully saturated rings. The Balaban J connectivity index is 1.80. The molecule has 0 atom stereocenters. The second-order valence-electron chi connectivity index (χ2n) is 6.24. The zero-order valence-electron chi connectivity index (χ0n) is 13.8. The summed E-state index contributed by atoms with van der Waals surface area (Å²) in [5.74, 6) is 1.86. The Morgan fingerprint density at radius 1 is 1.22 bits per heavy atom. The lowest BCUT2D eigenvalue weighted by Crippen LogP contribution is -2.14. The van der Waals surface area contributed by atoms with Crippen LogP contribution in [-0.2, 0) is 0 Å². The van der Waals surface area contributed by atoms with Gasteiger partial charge in [0.1, 0.15) is 5.75 Å². The van der Waals surface area contributed by atoms with Gasteiger partial charge in [-0.1, -0.05) is 32.6 Å². The minimum atomic E-state index is 0.477. The van der Waals surface area contributed by atoms with E-state index in [0.717, 1.165) is 41.4 Å². The summed E-state index contributed by atoms with van der Waals surface area (Å²) in [6.45, 7) is 2.94. The standard InChI is InChI=1S/C18H25N3OS/c1-2-3-13-22-16-11-9-14(10-12-16)17-19-20-18(23)21(17)15-7-5-4-6-8-15/h9-12,15H,2-8,13H2,1H3,(H,20,23). The molecule has 23 heavy (non-hydrogen) atoms. The fourth-order valence-electron chi connectivity index (χ4n) is 3.22. The molecule has 2 aromatic rings. The zero-order chi connectivity index (χ0) is 16.1. The van der Waals surface area contributed by atoms with E-state index >= 15 is 0 Å². The van der Waals surface area contributed by atoms with Crippen molar-refractivity contribution in [3.8, 4) is 17.1 Å². The van der Waals surface area contributed by atoms with Crippen LogP contribution in [0, 0.1) is 4.77 Å². The molecule has 1 aromatic carbocycles. The number of hydrogen-bond donors (Lipinski definition) is 1. The predicted molar refractivity (Wildman–Crippen MR) is 95.4 cm³/mol. The van der Waals surface area contributed by atoms with Gasteiger partial charge in [0.15, 0.2) is 10.6 Å². The lowest BCUT2D eigenvalue weighted by atomic mass is 9.95. The molecule has 0 bridgehead atoms. The molecule has 4 nitrogen and oxygen atoms in total. The number of aromatic amines is 1. The van der Waals surface area contributed by atoms with Crippen molar-refractivity contribution in [2.75, 3.05) is 6.61 Å². The van der Waals surface area contributed by atoms with E-state index in [0.29, 0.717) is 6.04 Å². The van der Waals surface area contributed by atoms with Crippen molar-refractivity contribution >= 4 is 12.2 Å². The number of nitrogens with one attached hydrogen (secondary N) is 1. The Bertz CT molecular complexity index is 668. The SMILES string of the molecule is CCCCOc1ccc(-c2n[nH]c(=S)n2C2CCCCC2)cc1. The van der Waals surface area contributed by atoms with Crippen molar-refractivity contribution in [3.63, 3.8) is 0 Å². The van der Waals surface area contributed by atoms with Gasteiger partial charge in [0, 0.05) is 11.6 Å². The minimum absolute atomic E-state index is 0.477. The first-order valence-electron chi connectivity index (χ1n) is 8.69. The van der Waals surface area contributed by atoms with Crippen molar-refractivity contribution in [3.05, 3.63) is 29.0 Å². The molecule has 0 radical (unpaired) electrons. The molecule has 1 heterocycles. The number of aromatic nitrogens is 3. The monoisotopic (exact) mass is 331 g/mol. The first-order valence-corrected chi connectivity index (χ1v) is 9.10. The maximum atomic E-state index is 5.73. The van der Waals surface area contributed by atoms with Crippen LogP contribution in [0.1, 0.15) is 57.9 Å². The molecule has 1 aliphatic carbocycles. The molecule has 0 saturated heterocycles. The topological polar surface area (TPSA) is 42.8 Å². The van der Waals surface area contributed by atoms with Crippen LogP contribution in [0.4, 0.5) is 0 Å². The van der Waals surface area contributed by atoms with Crippen molar-refractivity contribution in [2.45, 2.75) is 57.9 Å². The third kappa shape index (κ3) is 3.83. The van der Waals surface area contributed by atoms with Crippen molar-refractivity contribution in [2.24, 2.45) is 0 Å². The molecule has 1 aliphatic rings. The van der Waals surface area contributed by atoms with Crippen LogP contribution < -0.4 is 4.74 Å². The quantitative estimate of drug-likeness (QED) is 0.577. The van der Waals surface area contributed by atoms with Crippen LogP contribution in [0.25, 0.3) is 11.4 Å². The van der Waals surface area contributed by atoms with Crippen LogP contribution in [0.15, 0.2) is 24.3 Å². The smallest absolute Gasteiger partial charge is 0.195 e. The second kappa shape index (κ2) is 7.77. The van der Waals surface area contributed by atoms with Crippen LogP contribution in [0.3, 0.4) is 0 Å². The van der Waals surface area contributed by atoms with E-state index < -0.39 is 0 Å². The normalized spacial score (nSPS) is 15.7. The number of unbranched alkanes of at least 4 members (excludes halogenated alkanes) is 1. The van der Waals surface area contributed by atoms with Gasteiger partial charge in [-0.25, -0.2) is 0 Å². The molecule has 0 spiro atoms. The highest BCUT2D eigenvalue weighted by molar-refractivity contribution is 7.71. The maximum Gasteiger partial charge on any atom is 0.195 e. The molecule has 3 rings (SSSR count). The predicted octanol–water partition coefficient (Wildman–Crippen LogP) is 5.29. The Morgan fingerprint density at radius 3 is 2.65 bits per heavy atom. The van der Waals surface area contributed by atoms with E-state index in [1.54, 1.807) is 0 Å². The number of nitrogens with zero attached hydrogens (tertiary/aromatic N) is 2. The van der Waals surface area contributed by atoms with E-state index in [1.807, 2.05) is 12.1 Å². The lowest BCUT2D eigenvalue weighted by molar-refractivity contribution is 0.309. The number of H-pyrrole nitrogens is 1. The Kier molecular flexibility index (Phi) is 5.49. The highest BCUT2D eigenvalue weighted by Crippen LogP contribution is 2.32. The molecular formula is C18H25N3OS. The average molecular weight is 331 g/mol. The molecule has 0 amide bonds. The molecule has 1 saturated carbocycles. The molecule has 1 aromatic heterocycles. The van der Waals surface area contributed by atoms with E-state index in [2.05, 4.69) is 33.8 Å². The third-order valence-corrected chi connectivity index (χ3v) is 4.81. The summed E-state index contributed by atoms with van der Waals surface area (Å²) < 4.78 is 8.67. The Labute approximate surface area is 142 Å². The van der Waals surface area contributed by atoms with E-state index in [9.17, 15) is 0 Å². The summed E-state index contributed by atoms with van der Waals surface area (Å²) in [4.78, 5) is 0. The number of benzene rings is 1. The molecule has 5 heteroatoms. The minimum Gasteiger partial charge on any atom is -0.494 e. The van der Waals surface area contributed by atoms with Gasteiger partial charge in [0.05, 0.1) is 6.61 Å². The van der Waals surface area contributed by atoms with Gasteiger partial charge >= 0.3 is 0 Å². The summed E-state index contributed by atoms with van der Waals surface area (Å²) in [6, 6.07) is 8.67. The highest BCUT2D eigenvalue weighted by Gasteiger charge is 2.20. The van der Waals surface area contributed by atoms with Crippen molar-refractivity contribution in [1.82, 2.24) is 14.8 Å². The maximum absolute atomic E-state index is 5.73. The van der Waals surface area contributed by atoms with Crippen LogP contribution in [0.5, 0.6) is 5.75 Å². The zero-order valence-corrected chi connectivity index (χ0v) is 14.6. The van der Waals surface area contributed by atoms with Gasteiger partial charge in [-0.2, -0.15) is 5.10 Å². The molecule has 0 unspecified atom stereocenters. The van der Waals surface area contributed by atoms with Gasteiger partial charge < -0.3 is 4.74 Å². The fourth-order valence-corrected chi connectivity index (χ4v) is 3.50. The third-order valence-electron chi connectivity index (χ3n) is 4.52. The first-order chi connectivity index (χ1) is 11.3. The largest absolute Gasteiger partial charge is 0.494 e. The Hall–Kier alpha value is -1.62. The van der Waals surface area contributed by atoms with Gasteiger partial charge in [-0.05, 0) is 55.7 Å². The number of rotatable bonds is 6. The summed E-state index contributed by atoms with van der Waals surface area (Å²) in [7, 11) is 0. The van der Waals surface area contributed by atoms with Crippen LogP contribution in [-0.4, -0.2) is 21.4 Å². The van der Waals surface area contributed by atoms with Crippen LogP contribution >= 0.6 is 12.2 Å². The van der Waals surface area contributed by atoms with Gasteiger partial charge in [0.25, 0.3) is 0 Å². The number of hydrogen-bond acceptors (Lipinski definition) is 3. The molecule has 124 valence electrons. The summed E-state index contributed by atoms with van der Waals surface area (Å²) >= 11 is 5.47. The first kappa shape index (κ1) is 16.2. The fraction of sp³-hybridized carbons (Fsp3) is 0.556. The van der Waals surface area contributed by atoms with Gasteiger partial charge in [-0.15, -0.1) is 0 Å². The summed E-state index contributed by atoms with van der Waals surface area (Å²) in [6.07, 6.45) is 8.51. The van der Waals surface area contributed by atoms with E-state index in [1.165, 1.54) is 32.1 Å². The average Bonchev–Trinajstić information content (AvgIpc) is 2.98. The van der Waals surface area contributed by atoms with Gasteiger partial charge in [0.2, 0.25) is 0 Å². The highest BCUT2D eigenvalue weighted by atomic mass is 32.1. The summed E-state index contributed by atoms with van der Waals surface area (Å²) in [5, 5.41) is 7.45. The molecule has 0 aliphatic heterocycles. The molecule has 1 N–H and O–H groups in total. The number of ether oxygens (including phenoxy) is 1. The van der Waals surface area contributed by atoms with E-state index in [-0.39, 0.29) is 0 Å². The van der Waals surface area contributed by atoms with Crippen molar-refractivity contribution in [1.29, 1.82) is 0 Å². The molecular weight excluding hydrogens is 306 g/mol. The van der Waals surface area contributed by atoms with Crippen LogP contribution in [0.2, 0.25) is 0 Å².